The summed E-state index contributed by atoms with van der Waals surface area (Å²) in [5, 5.41) is 13.8. The third kappa shape index (κ3) is 3.47. The minimum Gasteiger partial charge on any atom is -0.507 e. The molecule has 0 saturated carbocycles. The summed E-state index contributed by atoms with van der Waals surface area (Å²) in [6.07, 6.45) is 1.69. The van der Waals surface area contributed by atoms with E-state index < -0.39 is 17.7 Å². The lowest BCUT2D eigenvalue weighted by Gasteiger charge is -2.24. The average molecular weight is 410 g/mol. The number of benzene rings is 1. The summed E-state index contributed by atoms with van der Waals surface area (Å²) in [5.41, 5.74) is 1.48. The van der Waals surface area contributed by atoms with E-state index in [1.807, 2.05) is 55.6 Å². The van der Waals surface area contributed by atoms with E-state index in [1.54, 1.807) is 6.20 Å². The number of Topliss-reactive ketones (excluding diaryl/α,β-unsaturated/α-hetero) is 1. The fourth-order valence-corrected chi connectivity index (χ4v) is 4.50. The normalized spacial score (nSPS) is 19.0. The Morgan fingerprint density at radius 3 is 2.76 bits per heavy atom. The second kappa shape index (κ2) is 7.85. The molecule has 1 atom stereocenters. The van der Waals surface area contributed by atoms with Gasteiger partial charge in [0.15, 0.2) is 0 Å². The Labute approximate surface area is 172 Å². The van der Waals surface area contributed by atoms with Gasteiger partial charge in [-0.1, -0.05) is 24.3 Å². The molecule has 6 nitrogen and oxygen atoms in total. The zero-order chi connectivity index (χ0) is 20.5. The molecule has 150 valence electrons. The first-order valence-electron chi connectivity index (χ1n) is 9.49. The van der Waals surface area contributed by atoms with Gasteiger partial charge in [0.2, 0.25) is 0 Å². The monoisotopic (exact) mass is 410 g/mol. The number of para-hydroxylation sites is 1. The number of amides is 1. The maximum absolute atomic E-state index is 12.9. The van der Waals surface area contributed by atoms with Gasteiger partial charge >= 0.3 is 0 Å². The highest BCUT2D eigenvalue weighted by Crippen LogP contribution is 2.41. The topological polar surface area (TPSA) is 82.6 Å². The average Bonchev–Trinajstić information content (AvgIpc) is 3.42. The molecule has 2 aromatic heterocycles. The summed E-state index contributed by atoms with van der Waals surface area (Å²) >= 11 is 1.45. The van der Waals surface area contributed by atoms with Crippen molar-refractivity contribution in [2.45, 2.75) is 26.0 Å². The number of likely N-dealkylation sites (tertiary alicyclic amines) is 1. The minimum absolute atomic E-state index is 0.0261. The van der Waals surface area contributed by atoms with Crippen LogP contribution in [0.15, 0.2) is 53.5 Å². The quantitative estimate of drug-likeness (QED) is 0.364. The van der Waals surface area contributed by atoms with Gasteiger partial charge in [-0.3, -0.25) is 9.59 Å². The Bertz CT molecular complexity index is 1080. The molecule has 3 heterocycles. The van der Waals surface area contributed by atoms with E-state index in [2.05, 4.69) is 4.98 Å². The summed E-state index contributed by atoms with van der Waals surface area (Å²) in [6, 6.07) is 10.6. The SMILES string of the molecule is CC(C)OCCN1C(=O)C(=O)/C(=C(\O)c2c[nH]c3ccccc23)C1c1cccs1. The first-order valence-corrected chi connectivity index (χ1v) is 10.4. The largest absolute Gasteiger partial charge is 0.507 e. The van der Waals surface area contributed by atoms with E-state index in [0.717, 1.165) is 15.8 Å². The molecule has 1 aliphatic heterocycles. The molecular weight excluding hydrogens is 388 g/mol. The van der Waals surface area contributed by atoms with Gasteiger partial charge in [-0.15, -0.1) is 11.3 Å². The molecule has 4 rings (SSSR count). The number of ketones is 1. The number of thiophene rings is 1. The number of nitrogens with one attached hydrogen (secondary N) is 1. The van der Waals surface area contributed by atoms with Crippen LogP contribution < -0.4 is 0 Å². The van der Waals surface area contributed by atoms with E-state index in [-0.39, 0.29) is 24.0 Å². The number of aromatic amines is 1. The summed E-state index contributed by atoms with van der Waals surface area (Å²) in [4.78, 5) is 31.2. The molecule has 0 bridgehead atoms. The van der Waals surface area contributed by atoms with Gasteiger partial charge in [0, 0.05) is 34.1 Å². The van der Waals surface area contributed by atoms with Gasteiger partial charge in [-0.25, -0.2) is 0 Å². The van der Waals surface area contributed by atoms with Crippen molar-refractivity contribution in [3.63, 3.8) is 0 Å². The highest BCUT2D eigenvalue weighted by Gasteiger charge is 2.46. The fourth-order valence-electron chi connectivity index (χ4n) is 3.65. The van der Waals surface area contributed by atoms with Crippen LogP contribution in [0.2, 0.25) is 0 Å². The van der Waals surface area contributed by atoms with Crippen molar-refractivity contribution in [3.05, 3.63) is 64.0 Å². The van der Waals surface area contributed by atoms with Gasteiger partial charge in [-0.2, -0.15) is 0 Å². The summed E-state index contributed by atoms with van der Waals surface area (Å²) in [5.74, 6) is -1.45. The molecule has 0 aliphatic carbocycles. The zero-order valence-corrected chi connectivity index (χ0v) is 17.0. The lowest BCUT2D eigenvalue weighted by molar-refractivity contribution is -0.140. The number of ether oxygens (including phenoxy) is 1. The molecule has 1 aliphatic rings. The number of fused-ring (bicyclic) bond motifs is 1. The highest BCUT2D eigenvalue weighted by molar-refractivity contribution is 7.10. The molecule has 1 fully saturated rings. The number of rotatable bonds is 6. The van der Waals surface area contributed by atoms with Crippen molar-refractivity contribution in [1.29, 1.82) is 0 Å². The second-order valence-electron chi connectivity index (χ2n) is 7.18. The van der Waals surface area contributed by atoms with Crippen molar-refractivity contribution in [2.75, 3.05) is 13.2 Å². The molecule has 1 aromatic carbocycles. The molecule has 3 aromatic rings. The van der Waals surface area contributed by atoms with E-state index in [9.17, 15) is 14.7 Å². The van der Waals surface area contributed by atoms with Gasteiger partial charge < -0.3 is 19.7 Å². The van der Waals surface area contributed by atoms with Crippen LogP contribution in [0.3, 0.4) is 0 Å². The van der Waals surface area contributed by atoms with Gasteiger partial charge in [0.25, 0.3) is 11.7 Å². The van der Waals surface area contributed by atoms with Crippen LogP contribution in [-0.2, 0) is 14.3 Å². The van der Waals surface area contributed by atoms with Crippen LogP contribution >= 0.6 is 11.3 Å². The van der Waals surface area contributed by atoms with Crippen molar-refractivity contribution >= 4 is 39.7 Å². The van der Waals surface area contributed by atoms with Crippen molar-refractivity contribution in [2.24, 2.45) is 0 Å². The van der Waals surface area contributed by atoms with Crippen LogP contribution in [0.1, 0.15) is 30.3 Å². The number of hydrogen-bond acceptors (Lipinski definition) is 5. The third-order valence-corrected chi connectivity index (χ3v) is 5.91. The first-order chi connectivity index (χ1) is 14.0. The predicted molar refractivity (Wildman–Crippen MR) is 113 cm³/mol. The van der Waals surface area contributed by atoms with E-state index in [1.165, 1.54) is 16.2 Å². The Kier molecular flexibility index (Phi) is 5.25. The maximum atomic E-state index is 12.9. The molecule has 1 unspecified atom stereocenters. The number of hydrogen-bond donors (Lipinski definition) is 2. The van der Waals surface area contributed by atoms with Gasteiger partial charge in [0.1, 0.15) is 5.76 Å². The Morgan fingerprint density at radius 1 is 1.24 bits per heavy atom. The molecule has 2 N–H and O–H groups in total. The zero-order valence-electron chi connectivity index (χ0n) is 16.2. The number of H-pyrrole nitrogens is 1. The Morgan fingerprint density at radius 2 is 2.03 bits per heavy atom. The summed E-state index contributed by atoms with van der Waals surface area (Å²) < 4.78 is 5.59. The van der Waals surface area contributed by atoms with Crippen molar-refractivity contribution in [1.82, 2.24) is 9.88 Å². The molecular formula is C22H22N2O4S. The maximum Gasteiger partial charge on any atom is 0.295 e. The Balaban J connectivity index is 1.81. The van der Waals surface area contributed by atoms with Crippen LogP contribution in [0.25, 0.3) is 16.7 Å². The first kappa shape index (κ1) is 19.4. The smallest absolute Gasteiger partial charge is 0.295 e. The summed E-state index contributed by atoms with van der Waals surface area (Å²) in [7, 11) is 0. The Hall–Kier alpha value is -2.90. The number of aliphatic hydroxyl groups excluding tert-OH is 1. The number of carbonyl (C=O) groups excluding carboxylic acids is 2. The van der Waals surface area contributed by atoms with Gasteiger partial charge in [0.05, 0.1) is 24.3 Å². The number of aromatic nitrogens is 1. The van der Waals surface area contributed by atoms with E-state index >= 15 is 0 Å². The molecule has 0 spiro atoms. The standard InChI is InChI=1S/C22H22N2O4S/c1-13(2)28-10-9-24-19(17-8-5-11-29-17)18(21(26)22(24)27)20(25)15-12-23-16-7-4-3-6-14(15)16/h3-8,11-13,19,23,25H,9-10H2,1-2H3/b20-18-. The fraction of sp³-hybridized carbons (Fsp3) is 0.273. The number of carbonyl (C=O) groups is 2. The second-order valence-corrected chi connectivity index (χ2v) is 8.15. The summed E-state index contributed by atoms with van der Waals surface area (Å²) in [6.45, 7) is 4.43. The van der Waals surface area contributed by atoms with Crippen LogP contribution in [0.4, 0.5) is 0 Å². The molecule has 1 saturated heterocycles. The van der Waals surface area contributed by atoms with Crippen molar-refractivity contribution in [3.8, 4) is 0 Å². The van der Waals surface area contributed by atoms with Crippen LogP contribution in [0.5, 0.6) is 0 Å². The van der Waals surface area contributed by atoms with Crippen LogP contribution in [0, 0.1) is 0 Å². The lowest BCUT2D eigenvalue weighted by atomic mass is 9.99. The molecule has 1 amide bonds. The molecule has 7 heteroatoms. The minimum atomic E-state index is -0.671. The third-order valence-electron chi connectivity index (χ3n) is 4.98. The van der Waals surface area contributed by atoms with Crippen molar-refractivity contribution < 1.29 is 19.4 Å². The van der Waals surface area contributed by atoms with Gasteiger partial charge in [-0.05, 0) is 31.4 Å². The predicted octanol–water partition coefficient (Wildman–Crippen LogP) is 4.08. The van der Waals surface area contributed by atoms with E-state index in [4.69, 9.17) is 4.74 Å². The molecule has 29 heavy (non-hydrogen) atoms. The highest BCUT2D eigenvalue weighted by atomic mass is 32.1. The molecule has 0 radical (unpaired) electrons. The van der Waals surface area contributed by atoms with E-state index in [0.29, 0.717) is 12.2 Å². The number of nitrogens with zero attached hydrogens (tertiary/aromatic N) is 1. The van der Waals surface area contributed by atoms with Crippen LogP contribution in [-0.4, -0.2) is 45.9 Å². The number of aliphatic hydroxyl groups is 1. The lowest BCUT2D eigenvalue weighted by Crippen LogP contribution is -2.33.